The summed E-state index contributed by atoms with van der Waals surface area (Å²) in [6.07, 6.45) is 2.56. The number of carboxylic acids is 2. The minimum atomic E-state index is -4.66. The standard InChI is InChI=1S/C27H27N7O15S2/c28-24-30-14(10-50-24)18(31-49-26(22(40)41)3-4-46-25(11-26)1-2-25)19(37)29-13-9-47-34(20(13)38)27(23(42)43)6-15(21(39)48-27)33-7-12-5-16(35)17(36)8-32(12)51(33,44)45/h5,7-8,10,13,15,35-36H,1-4,6,9,11H2,(H2,28,30)(H,29,37)(H,40,41)(H,42,43)/b31-18-/t13-,15?,26?,27?/m0/s1. The molecule has 1 aromatic rings. The van der Waals surface area contributed by atoms with E-state index in [9.17, 15) is 52.8 Å². The zero-order valence-electron chi connectivity index (χ0n) is 25.8. The number of carbonyl (C=O) groups is 5. The number of cyclic esters (lactones) is 1. The fourth-order valence-corrected chi connectivity index (χ4v) is 8.23. The van der Waals surface area contributed by atoms with Crippen molar-refractivity contribution in [1.82, 2.24) is 24.0 Å². The molecule has 1 aromatic heterocycles. The Morgan fingerprint density at radius 3 is 2.51 bits per heavy atom. The smallest absolute Gasteiger partial charge is 0.372 e. The molecule has 6 aliphatic rings. The van der Waals surface area contributed by atoms with Gasteiger partial charge in [-0.3, -0.25) is 14.4 Å². The molecule has 3 saturated heterocycles. The number of amides is 2. The number of oxime groups is 1. The van der Waals surface area contributed by atoms with E-state index in [2.05, 4.69) is 15.5 Å². The molecule has 1 aliphatic carbocycles. The number of fused-ring (bicyclic) bond motifs is 1. The summed E-state index contributed by atoms with van der Waals surface area (Å²) in [7, 11) is -4.66. The molecule has 7 rings (SSSR count). The fraction of sp³-hybridized carbons (Fsp3) is 0.444. The third kappa shape index (κ3) is 5.46. The zero-order valence-corrected chi connectivity index (χ0v) is 27.5. The number of aromatic nitrogens is 1. The van der Waals surface area contributed by atoms with E-state index in [4.69, 9.17) is 24.9 Å². The highest BCUT2D eigenvalue weighted by Gasteiger charge is 2.65. The number of hydrogen-bond acceptors (Lipinski definition) is 17. The number of rotatable bonds is 9. The van der Waals surface area contributed by atoms with Crippen molar-refractivity contribution in [3.05, 3.63) is 46.8 Å². The lowest BCUT2D eigenvalue weighted by molar-refractivity contribution is -0.256. The number of aliphatic hydroxyl groups is 2. The highest BCUT2D eigenvalue weighted by Crippen LogP contribution is 2.50. The Morgan fingerprint density at radius 2 is 1.86 bits per heavy atom. The van der Waals surface area contributed by atoms with Crippen molar-refractivity contribution in [3.8, 4) is 0 Å². The zero-order chi connectivity index (χ0) is 36.7. The van der Waals surface area contributed by atoms with E-state index in [0.717, 1.165) is 23.6 Å². The van der Waals surface area contributed by atoms with Crippen LogP contribution in [0.15, 0.2) is 46.2 Å². The molecular formula is C27H27N7O15S2. The Kier molecular flexibility index (Phi) is 7.70. The van der Waals surface area contributed by atoms with Crippen molar-refractivity contribution < 1.29 is 72.0 Å². The second kappa shape index (κ2) is 11.5. The number of nitrogens with one attached hydrogen (secondary N) is 1. The maximum atomic E-state index is 13.6. The first-order valence-corrected chi connectivity index (χ1v) is 17.2. The number of hydroxylamine groups is 2. The number of esters is 1. The van der Waals surface area contributed by atoms with Gasteiger partial charge in [-0.25, -0.2) is 28.0 Å². The molecule has 4 atom stereocenters. The third-order valence-electron chi connectivity index (χ3n) is 8.98. The summed E-state index contributed by atoms with van der Waals surface area (Å²) < 4.78 is 38.3. The lowest BCUT2D eigenvalue weighted by Crippen LogP contribution is -2.57. The lowest BCUT2D eigenvalue weighted by atomic mass is 9.89. The number of ether oxygens (including phenoxy) is 2. The summed E-state index contributed by atoms with van der Waals surface area (Å²) in [6, 6.07) is -3.50. The number of carboxylic acid groups (broad SMARTS) is 2. The van der Waals surface area contributed by atoms with Crippen LogP contribution in [0.4, 0.5) is 5.13 Å². The number of hydrogen-bond donors (Lipinski definition) is 6. The number of carbonyl (C=O) groups excluding carboxylic acids is 3. The molecule has 1 spiro atoms. The van der Waals surface area contributed by atoms with Gasteiger partial charge in [-0.2, -0.15) is 13.5 Å². The topological polar surface area (TPSA) is 310 Å². The molecular weight excluding hydrogens is 726 g/mol. The average Bonchev–Trinajstić information content (AvgIpc) is 3.33. The minimum absolute atomic E-state index is 0.0151. The van der Waals surface area contributed by atoms with Gasteiger partial charge in [0.05, 0.1) is 30.5 Å². The van der Waals surface area contributed by atoms with Crippen LogP contribution in [0, 0.1) is 0 Å². The van der Waals surface area contributed by atoms with Crippen molar-refractivity contribution in [2.45, 2.75) is 61.1 Å². The van der Waals surface area contributed by atoms with Crippen molar-refractivity contribution in [1.29, 1.82) is 0 Å². The number of anilines is 1. The predicted octanol–water partition coefficient (Wildman–Crippen LogP) is -1.47. The number of aliphatic hydroxyl groups excluding tert-OH is 2. The second-order valence-corrected chi connectivity index (χ2v) is 14.9. The molecule has 51 heavy (non-hydrogen) atoms. The van der Waals surface area contributed by atoms with Crippen molar-refractivity contribution in [3.63, 3.8) is 0 Å². The quantitative estimate of drug-likeness (QED) is 0.0952. The number of nitrogens with zero attached hydrogens (tertiary/aromatic N) is 5. The Labute approximate surface area is 289 Å². The Hall–Kier alpha value is -5.46. The first kappa shape index (κ1) is 34.0. The van der Waals surface area contributed by atoms with Crippen LogP contribution in [0.1, 0.15) is 37.8 Å². The maximum absolute atomic E-state index is 13.6. The van der Waals surface area contributed by atoms with E-state index >= 15 is 0 Å². The molecule has 24 heteroatoms. The van der Waals surface area contributed by atoms with E-state index in [-0.39, 0.29) is 41.0 Å². The van der Waals surface area contributed by atoms with Crippen molar-refractivity contribution in [2.75, 3.05) is 18.9 Å². The molecule has 1 saturated carbocycles. The van der Waals surface area contributed by atoms with Crippen LogP contribution in [0.5, 0.6) is 0 Å². The van der Waals surface area contributed by atoms with Crippen LogP contribution in [0.25, 0.3) is 0 Å². The van der Waals surface area contributed by atoms with Crippen LogP contribution in [0.3, 0.4) is 0 Å². The van der Waals surface area contributed by atoms with Gasteiger partial charge in [0, 0.05) is 30.5 Å². The van der Waals surface area contributed by atoms with E-state index < -0.39 is 99.2 Å². The van der Waals surface area contributed by atoms with E-state index in [0.29, 0.717) is 27.7 Å². The molecule has 7 N–H and O–H groups in total. The largest absolute Gasteiger partial charge is 0.504 e. The summed E-state index contributed by atoms with van der Waals surface area (Å²) in [4.78, 5) is 80.1. The fourth-order valence-electron chi connectivity index (χ4n) is 6.15. The summed E-state index contributed by atoms with van der Waals surface area (Å²) in [6.45, 7) is -0.629. The van der Waals surface area contributed by atoms with Gasteiger partial charge in [0.2, 0.25) is 5.60 Å². The average molecular weight is 754 g/mol. The van der Waals surface area contributed by atoms with Gasteiger partial charge in [0.15, 0.2) is 22.4 Å². The van der Waals surface area contributed by atoms with Crippen molar-refractivity contribution >= 4 is 62.1 Å². The molecule has 6 heterocycles. The molecule has 0 bridgehead atoms. The second-order valence-electron chi connectivity index (χ2n) is 12.3. The van der Waals surface area contributed by atoms with Gasteiger partial charge in [-0.1, -0.05) is 5.16 Å². The predicted molar refractivity (Wildman–Crippen MR) is 163 cm³/mol. The number of nitrogen functional groups attached to an aromatic ring is 1. The Morgan fingerprint density at radius 1 is 1.12 bits per heavy atom. The lowest BCUT2D eigenvalue weighted by Gasteiger charge is -2.35. The number of thiazole rings is 1. The summed E-state index contributed by atoms with van der Waals surface area (Å²) in [5.41, 5.74) is -0.608. The van der Waals surface area contributed by atoms with Crippen LogP contribution in [-0.4, -0.2) is 125 Å². The number of aliphatic carboxylic acids is 2. The van der Waals surface area contributed by atoms with Crippen LogP contribution in [0.2, 0.25) is 0 Å². The molecule has 2 amide bonds. The SMILES string of the molecule is Nc1nc(/C(=N/OC2(C(=O)O)CCOC3(CC3)C2)C(=O)N[C@H]2CON(C3(C(=O)O)CC(N4C=C5C=C(O)C(O)=CN5S4(=O)=O)C(=O)O3)C2=O)cs1. The third-order valence-corrected chi connectivity index (χ3v) is 11.4. The normalized spacial score (nSPS) is 30.7. The van der Waals surface area contributed by atoms with Crippen LogP contribution >= 0.6 is 11.3 Å². The molecule has 22 nitrogen and oxygen atoms in total. The Balaban J connectivity index is 1.11. The van der Waals surface area contributed by atoms with Gasteiger partial charge >= 0.3 is 33.8 Å². The Bertz CT molecular complexity index is 2010. The summed E-state index contributed by atoms with van der Waals surface area (Å²) in [5.74, 6) is -8.47. The van der Waals surface area contributed by atoms with Crippen LogP contribution < -0.4 is 11.1 Å². The number of allylic oxidation sites excluding steroid dienone is 1. The number of nitrogens with two attached hydrogens (primary N) is 1. The maximum Gasteiger partial charge on any atom is 0.372 e. The van der Waals surface area contributed by atoms with Gasteiger partial charge in [0.25, 0.3) is 11.8 Å². The summed E-state index contributed by atoms with van der Waals surface area (Å²) >= 11 is 0.923. The summed E-state index contributed by atoms with van der Waals surface area (Å²) in [5, 5.41) is 47.6. The van der Waals surface area contributed by atoms with E-state index in [1.807, 2.05) is 0 Å². The molecule has 0 radical (unpaired) electrons. The van der Waals surface area contributed by atoms with Crippen molar-refractivity contribution in [2.24, 2.45) is 5.16 Å². The van der Waals surface area contributed by atoms with Gasteiger partial charge in [-0.05, 0) is 12.8 Å². The first-order valence-electron chi connectivity index (χ1n) is 15.0. The molecule has 272 valence electrons. The monoisotopic (exact) mass is 753 g/mol. The molecule has 4 fully saturated rings. The minimum Gasteiger partial charge on any atom is -0.504 e. The highest BCUT2D eigenvalue weighted by molar-refractivity contribution is 7.87. The first-order chi connectivity index (χ1) is 24.0. The molecule has 3 unspecified atom stereocenters. The molecule has 0 aromatic carbocycles. The van der Waals surface area contributed by atoms with E-state index in [1.54, 1.807) is 0 Å². The van der Waals surface area contributed by atoms with Gasteiger partial charge in [-0.15, -0.1) is 11.3 Å². The van der Waals surface area contributed by atoms with Gasteiger partial charge in [0.1, 0.15) is 24.4 Å². The molecule has 5 aliphatic heterocycles. The van der Waals surface area contributed by atoms with E-state index in [1.165, 1.54) is 5.38 Å². The van der Waals surface area contributed by atoms with Gasteiger partial charge < -0.3 is 45.8 Å². The highest BCUT2D eigenvalue weighted by atomic mass is 32.2. The van der Waals surface area contributed by atoms with Crippen LogP contribution in [-0.2, 0) is 53.3 Å².